The molecule has 5 heteroatoms. The Morgan fingerprint density at radius 3 is 2.52 bits per heavy atom. The van der Waals surface area contributed by atoms with E-state index in [0.717, 1.165) is 33.7 Å². The Morgan fingerprint density at radius 1 is 1.00 bits per heavy atom. The molecule has 4 nitrogen and oxygen atoms in total. The van der Waals surface area contributed by atoms with Crippen LogP contribution in [0.2, 0.25) is 0 Å². The van der Waals surface area contributed by atoms with Crippen molar-refractivity contribution in [1.82, 2.24) is 9.55 Å². The quantitative estimate of drug-likeness (QED) is 0.505. The molecule has 3 aromatic carbocycles. The summed E-state index contributed by atoms with van der Waals surface area (Å²) in [6.07, 6.45) is -0.139. The lowest BCUT2D eigenvalue weighted by Gasteiger charge is -2.16. The molecule has 4 rings (SSSR count). The molecule has 1 heterocycles. The van der Waals surface area contributed by atoms with Crippen LogP contribution in [0.4, 0.5) is 4.39 Å². The van der Waals surface area contributed by atoms with Gasteiger partial charge in [-0.25, -0.2) is 9.37 Å². The second-order valence-electron chi connectivity index (χ2n) is 7.16. The highest BCUT2D eigenvalue weighted by Gasteiger charge is 2.15. The van der Waals surface area contributed by atoms with Crippen molar-refractivity contribution in [1.29, 1.82) is 0 Å². The lowest BCUT2D eigenvalue weighted by atomic mass is 10.1. The molecule has 29 heavy (non-hydrogen) atoms. The molecule has 0 saturated heterocycles. The van der Waals surface area contributed by atoms with Gasteiger partial charge in [0.25, 0.3) is 0 Å². The van der Waals surface area contributed by atoms with Gasteiger partial charge in [-0.1, -0.05) is 42.5 Å². The number of hydrogen-bond acceptors (Lipinski definition) is 3. The number of nitrogens with zero attached hydrogens (tertiary/aromatic N) is 2. The second kappa shape index (κ2) is 8.45. The van der Waals surface area contributed by atoms with E-state index >= 15 is 0 Å². The zero-order valence-electron chi connectivity index (χ0n) is 16.3. The third kappa shape index (κ3) is 4.46. The summed E-state index contributed by atoms with van der Waals surface area (Å²) in [5.74, 6) is 1.34. The zero-order valence-corrected chi connectivity index (χ0v) is 16.3. The van der Waals surface area contributed by atoms with Gasteiger partial charge in [0.2, 0.25) is 0 Å². The number of imidazole rings is 1. The smallest absolute Gasteiger partial charge is 0.123 e. The van der Waals surface area contributed by atoms with Crippen molar-refractivity contribution in [2.45, 2.75) is 26.0 Å². The lowest BCUT2D eigenvalue weighted by Crippen LogP contribution is -2.24. The van der Waals surface area contributed by atoms with E-state index < -0.39 is 6.10 Å². The predicted molar refractivity (Wildman–Crippen MR) is 112 cm³/mol. The molecule has 1 aromatic heterocycles. The fourth-order valence-corrected chi connectivity index (χ4v) is 3.42. The van der Waals surface area contributed by atoms with E-state index in [1.807, 2.05) is 60.0 Å². The van der Waals surface area contributed by atoms with Crippen LogP contribution in [0.15, 0.2) is 72.8 Å². The van der Waals surface area contributed by atoms with Gasteiger partial charge in [0.05, 0.1) is 17.6 Å². The molecule has 4 aromatic rings. The average molecular weight is 390 g/mol. The van der Waals surface area contributed by atoms with Crippen LogP contribution < -0.4 is 4.74 Å². The summed E-state index contributed by atoms with van der Waals surface area (Å²) in [6, 6.07) is 22.0. The molecule has 0 radical (unpaired) electrons. The number of aliphatic hydroxyl groups excluding tert-OH is 1. The number of fused-ring (bicyclic) bond motifs is 1. The first kappa shape index (κ1) is 19.2. The van der Waals surface area contributed by atoms with E-state index in [2.05, 4.69) is 0 Å². The van der Waals surface area contributed by atoms with Gasteiger partial charge in [-0.3, -0.25) is 0 Å². The van der Waals surface area contributed by atoms with Crippen molar-refractivity contribution in [3.8, 4) is 5.75 Å². The van der Waals surface area contributed by atoms with Gasteiger partial charge in [-0.05, 0) is 48.4 Å². The van der Waals surface area contributed by atoms with E-state index in [-0.39, 0.29) is 12.4 Å². The van der Waals surface area contributed by atoms with Gasteiger partial charge in [0.15, 0.2) is 0 Å². The first-order valence-corrected chi connectivity index (χ1v) is 9.65. The van der Waals surface area contributed by atoms with E-state index in [9.17, 15) is 9.50 Å². The Kier molecular flexibility index (Phi) is 5.58. The molecule has 0 amide bonds. The summed E-state index contributed by atoms with van der Waals surface area (Å²) in [4.78, 5) is 4.73. The van der Waals surface area contributed by atoms with Crippen molar-refractivity contribution in [2.24, 2.45) is 0 Å². The molecule has 148 valence electrons. The number of aliphatic hydroxyl groups is 1. The van der Waals surface area contributed by atoms with E-state index in [0.29, 0.717) is 13.0 Å². The van der Waals surface area contributed by atoms with Crippen molar-refractivity contribution >= 4 is 11.0 Å². The van der Waals surface area contributed by atoms with Gasteiger partial charge in [0.1, 0.15) is 30.1 Å². The minimum Gasteiger partial charge on any atom is -0.491 e. The highest BCUT2D eigenvalue weighted by atomic mass is 19.1. The van der Waals surface area contributed by atoms with Crippen LogP contribution in [0.25, 0.3) is 11.0 Å². The Balaban J connectivity index is 1.55. The van der Waals surface area contributed by atoms with Gasteiger partial charge >= 0.3 is 0 Å². The molecule has 0 fully saturated rings. The topological polar surface area (TPSA) is 47.3 Å². The highest BCUT2D eigenvalue weighted by molar-refractivity contribution is 5.76. The second-order valence-corrected chi connectivity index (χ2v) is 7.16. The van der Waals surface area contributed by atoms with Crippen molar-refractivity contribution in [2.75, 3.05) is 6.61 Å². The lowest BCUT2D eigenvalue weighted by molar-refractivity contribution is 0.0925. The molecule has 0 aliphatic rings. The fourth-order valence-electron chi connectivity index (χ4n) is 3.42. The van der Waals surface area contributed by atoms with Gasteiger partial charge in [0, 0.05) is 6.42 Å². The van der Waals surface area contributed by atoms with Crippen LogP contribution in [0.1, 0.15) is 17.0 Å². The van der Waals surface area contributed by atoms with Crippen LogP contribution in [-0.4, -0.2) is 27.4 Å². The number of aromatic nitrogens is 2. The van der Waals surface area contributed by atoms with Crippen LogP contribution >= 0.6 is 0 Å². The van der Waals surface area contributed by atoms with E-state index in [1.165, 1.54) is 12.1 Å². The third-order valence-corrected chi connectivity index (χ3v) is 4.93. The van der Waals surface area contributed by atoms with Crippen LogP contribution in [0.5, 0.6) is 5.75 Å². The monoisotopic (exact) mass is 390 g/mol. The predicted octanol–water partition coefficient (Wildman–Crippen LogP) is 4.51. The Hall–Kier alpha value is -3.18. The molecular formula is C24H23FN2O2. The van der Waals surface area contributed by atoms with Crippen molar-refractivity contribution in [3.63, 3.8) is 0 Å². The van der Waals surface area contributed by atoms with Crippen molar-refractivity contribution in [3.05, 3.63) is 95.6 Å². The van der Waals surface area contributed by atoms with Crippen molar-refractivity contribution < 1.29 is 14.2 Å². The fraction of sp³-hybridized carbons (Fsp3) is 0.208. The minimum absolute atomic E-state index is 0.188. The summed E-state index contributed by atoms with van der Waals surface area (Å²) in [7, 11) is 0. The molecule has 1 N–H and O–H groups in total. The maximum atomic E-state index is 13.2. The van der Waals surface area contributed by atoms with E-state index in [1.54, 1.807) is 12.1 Å². The molecule has 0 spiro atoms. The molecule has 0 saturated carbocycles. The number of halogens is 1. The van der Waals surface area contributed by atoms with Crippen LogP contribution in [-0.2, 0) is 13.0 Å². The number of aryl methyl sites for hydroxylation is 1. The standard InChI is InChI=1S/C24H23FN2O2/c1-17-6-2-5-9-23(17)29-16-20(28)15-27-22-8-4-3-7-21(22)26-24(27)14-18-10-12-19(25)13-11-18/h2-13,20,28H,14-16H2,1H3. The van der Waals surface area contributed by atoms with Gasteiger partial charge < -0.3 is 14.4 Å². The maximum absolute atomic E-state index is 13.2. The number of hydrogen-bond donors (Lipinski definition) is 1. The summed E-state index contributed by atoms with van der Waals surface area (Å²) in [5.41, 5.74) is 3.83. The van der Waals surface area contributed by atoms with Gasteiger partial charge in [-0.15, -0.1) is 0 Å². The largest absolute Gasteiger partial charge is 0.491 e. The minimum atomic E-state index is -0.695. The first-order valence-electron chi connectivity index (χ1n) is 9.65. The zero-order chi connectivity index (χ0) is 20.2. The summed E-state index contributed by atoms with van der Waals surface area (Å²) in [5, 5.41) is 10.6. The maximum Gasteiger partial charge on any atom is 0.123 e. The molecular weight excluding hydrogens is 367 g/mol. The van der Waals surface area contributed by atoms with Crippen LogP contribution in [0, 0.1) is 12.7 Å². The molecule has 0 aliphatic carbocycles. The highest BCUT2D eigenvalue weighted by Crippen LogP contribution is 2.20. The molecule has 0 bridgehead atoms. The molecule has 1 atom stereocenters. The molecule has 1 unspecified atom stereocenters. The third-order valence-electron chi connectivity index (χ3n) is 4.93. The summed E-state index contributed by atoms with van der Waals surface area (Å²) < 4.78 is 21.1. The van der Waals surface area contributed by atoms with Gasteiger partial charge in [-0.2, -0.15) is 0 Å². The van der Waals surface area contributed by atoms with Crippen LogP contribution in [0.3, 0.4) is 0 Å². The number of para-hydroxylation sites is 3. The first-order chi connectivity index (χ1) is 14.1. The number of benzene rings is 3. The Labute approximate surface area is 169 Å². The Bertz CT molecular complexity index is 1110. The summed E-state index contributed by atoms with van der Waals surface area (Å²) >= 11 is 0. The Morgan fingerprint density at radius 2 is 1.72 bits per heavy atom. The summed E-state index contributed by atoms with van der Waals surface area (Å²) in [6.45, 7) is 2.53. The van der Waals surface area contributed by atoms with E-state index in [4.69, 9.17) is 9.72 Å². The molecule has 0 aliphatic heterocycles. The normalized spacial score (nSPS) is 12.2. The average Bonchev–Trinajstić information content (AvgIpc) is 3.06. The number of rotatable bonds is 7. The SMILES string of the molecule is Cc1ccccc1OCC(O)Cn1c(Cc2ccc(F)cc2)nc2ccccc21. The number of ether oxygens (including phenoxy) is 1.